The molecule has 0 bridgehead atoms. The first-order valence-corrected chi connectivity index (χ1v) is 5.62. The summed E-state index contributed by atoms with van der Waals surface area (Å²) < 4.78 is 40.1. The van der Waals surface area contributed by atoms with Crippen LogP contribution in [-0.4, -0.2) is 31.2 Å². The van der Waals surface area contributed by atoms with Crippen molar-refractivity contribution >= 4 is 18.0 Å². The summed E-state index contributed by atoms with van der Waals surface area (Å²) in [5, 5.41) is 1.42. The van der Waals surface area contributed by atoms with Gasteiger partial charge in [-0.2, -0.15) is 13.2 Å². The fourth-order valence-corrected chi connectivity index (χ4v) is 1.19. The number of alkyl halides is 3. The summed E-state index contributed by atoms with van der Waals surface area (Å²) in [7, 11) is 0. The van der Waals surface area contributed by atoms with Crippen molar-refractivity contribution in [1.82, 2.24) is 5.32 Å². The second-order valence-corrected chi connectivity index (χ2v) is 3.68. The average Bonchev–Trinajstić information content (AvgIpc) is 2.41. The Morgan fingerprint density at radius 2 is 1.85 bits per heavy atom. The van der Waals surface area contributed by atoms with Gasteiger partial charge < -0.3 is 10.1 Å². The second-order valence-electron chi connectivity index (χ2n) is 3.68. The van der Waals surface area contributed by atoms with Gasteiger partial charge in [0.05, 0.1) is 0 Å². The molecule has 0 aliphatic rings. The van der Waals surface area contributed by atoms with Gasteiger partial charge in [-0.1, -0.05) is 36.4 Å². The summed E-state index contributed by atoms with van der Waals surface area (Å²) in [5.41, 5.74) is 0.897. The topological polar surface area (TPSA) is 55.4 Å². The molecule has 0 heterocycles. The minimum absolute atomic E-state index is 0.0877. The van der Waals surface area contributed by atoms with Crippen LogP contribution in [0.3, 0.4) is 0 Å². The molecule has 0 atom stereocenters. The van der Waals surface area contributed by atoms with Crippen LogP contribution in [0.2, 0.25) is 0 Å². The fourth-order valence-electron chi connectivity index (χ4n) is 1.19. The van der Waals surface area contributed by atoms with Crippen LogP contribution in [0.5, 0.6) is 0 Å². The van der Waals surface area contributed by atoms with Crippen molar-refractivity contribution in [2.24, 2.45) is 0 Å². The van der Waals surface area contributed by atoms with E-state index in [-0.39, 0.29) is 6.61 Å². The predicted octanol–water partition coefficient (Wildman–Crippen LogP) is 1.92. The summed E-state index contributed by atoms with van der Waals surface area (Å²) in [6.45, 7) is -0.910. The number of carbonyl (C=O) groups is 2. The molecule has 0 saturated heterocycles. The lowest BCUT2D eigenvalue weighted by Crippen LogP contribution is -2.40. The van der Waals surface area contributed by atoms with Crippen LogP contribution in [-0.2, 0) is 14.3 Å². The van der Waals surface area contributed by atoms with Crippen molar-refractivity contribution < 1.29 is 27.5 Å². The summed E-state index contributed by atoms with van der Waals surface area (Å²) >= 11 is 0. The van der Waals surface area contributed by atoms with E-state index in [2.05, 4.69) is 4.74 Å². The molecule has 0 spiro atoms. The fraction of sp³-hybridized carbons (Fsp3) is 0.231. The third-order valence-electron chi connectivity index (χ3n) is 2.10. The maximum absolute atomic E-state index is 11.8. The van der Waals surface area contributed by atoms with Gasteiger partial charge in [0.25, 0.3) is 0 Å². The van der Waals surface area contributed by atoms with E-state index in [1.807, 2.05) is 30.3 Å². The molecule has 1 aromatic rings. The van der Waals surface area contributed by atoms with Crippen LogP contribution in [0, 0.1) is 0 Å². The Bertz CT molecular complexity index is 483. The molecule has 1 amide bonds. The Balaban J connectivity index is 2.24. The monoisotopic (exact) mass is 287 g/mol. The SMILES string of the molecule is O=C(CNC(=O)C(F)(F)F)OC/C=C/c1ccccc1. The lowest BCUT2D eigenvalue weighted by Gasteiger charge is -2.07. The van der Waals surface area contributed by atoms with Crippen LogP contribution >= 0.6 is 0 Å². The molecule has 0 saturated carbocycles. The van der Waals surface area contributed by atoms with Crippen molar-refractivity contribution in [3.8, 4) is 0 Å². The van der Waals surface area contributed by atoms with Gasteiger partial charge in [0, 0.05) is 0 Å². The third kappa shape index (κ3) is 6.03. The number of benzene rings is 1. The molecule has 20 heavy (non-hydrogen) atoms. The summed E-state index contributed by atoms with van der Waals surface area (Å²) in [6, 6.07) is 9.18. The van der Waals surface area contributed by atoms with Crippen molar-refractivity contribution in [3.05, 3.63) is 42.0 Å². The molecule has 7 heteroatoms. The number of nitrogens with one attached hydrogen (secondary N) is 1. The zero-order valence-corrected chi connectivity index (χ0v) is 10.3. The molecule has 4 nitrogen and oxygen atoms in total. The number of carbonyl (C=O) groups excluding carboxylic acids is 2. The van der Waals surface area contributed by atoms with Gasteiger partial charge in [0.15, 0.2) is 0 Å². The highest BCUT2D eigenvalue weighted by molar-refractivity contribution is 5.85. The molecule has 0 aromatic heterocycles. The van der Waals surface area contributed by atoms with Crippen LogP contribution in [0.25, 0.3) is 6.08 Å². The van der Waals surface area contributed by atoms with Gasteiger partial charge in [-0.05, 0) is 11.6 Å². The Hall–Kier alpha value is -2.31. The van der Waals surface area contributed by atoms with E-state index in [0.717, 1.165) is 5.56 Å². The average molecular weight is 287 g/mol. The molecule has 0 aliphatic carbocycles. The predicted molar refractivity (Wildman–Crippen MR) is 65.5 cm³/mol. The molecule has 0 fully saturated rings. The minimum atomic E-state index is -5.01. The van der Waals surface area contributed by atoms with E-state index < -0.39 is 24.6 Å². The molecule has 1 N–H and O–H groups in total. The van der Waals surface area contributed by atoms with Crippen LogP contribution in [0.1, 0.15) is 5.56 Å². The number of halogens is 3. The Kier molecular flexibility index (Phi) is 5.76. The first kappa shape index (κ1) is 15.7. The van der Waals surface area contributed by atoms with E-state index in [4.69, 9.17) is 0 Å². The number of hydrogen-bond donors (Lipinski definition) is 1. The lowest BCUT2D eigenvalue weighted by molar-refractivity contribution is -0.174. The van der Waals surface area contributed by atoms with Gasteiger partial charge in [0.2, 0.25) is 0 Å². The highest BCUT2D eigenvalue weighted by Crippen LogP contribution is 2.13. The number of hydrogen-bond acceptors (Lipinski definition) is 3. The normalized spacial score (nSPS) is 11.3. The zero-order valence-electron chi connectivity index (χ0n) is 10.3. The molecule has 0 radical (unpaired) electrons. The molecule has 0 aliphatic heterocycles. The first-order valence-electron chi connectivity index (χ1n) is 5.62. The summed E-state index contributed by atoms with van der Waals surface area (Å²) in [4.78, 5) is 21.5. The van der Waals surface area contributed by atoms with Crippen LogP contribution < -0.4 is 5.32 Å². The molecular formula is C13H12F3NO3. The van der Waals surface area contributed by atoms with Crippen LogP contribution in [0.15, 0.2) is 36.4 Å². The Morgan fingerprint density at radius 3 is 2.45 bits per heavy atom. The number of ether oxygens (including phenoxy) is 1. The van der Waals surface area contributed by atoms with E-state index >= 15 is 0 Å². The van der Waals surface area contributed by atoms with Gasteiger partial charge in [-0.15, -0.1) is 0 Å². The number of esters is 1. The minimum Gasteiger partial charge on any atom is -0.460 e. The lowest BCUT2D eigenvalue weighted by atomic mass is 10.2. The van der Waals surface area contributed by atoms with E-state index in [1.165, 1.54) is 5.32 Å². The van der Waals surface area contributed by atoms with Gasteiger partial charge in [-0.25, -0.2) is 0 Å². The van der Waals surface area contributed by atoms with Gasteiger partial charge >= 0.3 is 18.1 Å². The second kappa shape index (κ2) is 7.32. The number of amides is 1. The smallest absolute Gasteiger partial charge is 0.460 e. The Morgan fingerprint density at radius 1 is 1.20 bits per heavy atom. The maximum atomic E-state index is 11.8. The highest BCUT2D eigenvalue weighted by Gasteiger charge is 2.38. The van der Waals surface area contributed by atoms with E-state index in [1.54, 1.807) is 12.2 Å². The zero-order chi connectivity index (χ0) is 15.0. The largest absolute Gasteiger partial charge is 0.471 e. The van der Waals surface area contributed by atoms with Crippen molar-refractivity contribution in [1.29, 1.82) is 0 Å². The van der Waals surface area contributed by atoms with Gasteiger partial charge in [-0.3, -0.25) is 9.59 Å². The van der Waals surface area contributed by atoms with E-state index in [9.17, 15) is 22.8 Å². The van der Waals surface area contributed by atoms with Gasteiger partial charge in [0.1, 0.15) is 13.2 Å². The molecular weight excluding hydrogens is 275 g/mol. The van der Waals surface area contributed by atoms with Crippen molar-refractivity contribution in [2.45, 2.75) is 6.18 Å². The molecule has 1 rings (SSSR count). The maximum Gasteiger partial charge on any atom is 0.471 e. The van der Waals surface area contributed by atoms with E-state index in [0.29, 0.717) is 0 Å². The first-order chi connectivity index (χ1) is 9.39. The molecule has 1 aromatic carbocycles. The quantitative estimate of drug-likeness (QED) is 0.842. The standard InChI is InChI=1S/C13H12F3NO3/c14-13(15,16)12(19)17-9-11(18)20-8-4-7-10-5-2-1-3-6-10/h1-7H,8-9H2,(H,17,19)/b7-4+. The summed E-state index contributed by atoms with van der Waals surface area (Å²) in [5.74, 6) is -3.12. The third-order valence-corrected chi connectivity index (χ3v) is 2.10. The summed E-state index contributed by atoms with van der Waals surface area (Å²) in [6.07, 6.45) is -1.77. The Labute approximate surface area is 113 Å². The highest BCUT2D eigenvalue weighted by atomic mass is 19.4. The molecule has 108 valence electrons. The molecule has 0 unspecified atom stereocenters. The van der Waals surface area contributed by atoms with Crippen LogP contribution in [0.4, 0.5) is 13.2 Å². The number of rotatable bonds is 5. The van der Waals surface area contributed by atoms with Crippen molar-refractivity contribution in [2.75, 3.05) is 13.2 Å². The van der Waals surface area contributed by atoms with Crippen molar-refractivity contribution in [3.63, 3.8) is 0 Å².